The minimum absolute atomic E-state index is 0.00470. The van der Waals surface area contributed by atoms with Crippen molar-refractivity contribution in [3.05, 3.63) is 0 Å². The second-order valence-electron chi connectivity index (χ2n) is 5.88. The Morgan fingerprint density at radius 2 is 2.10 bits per heavy atom. The smallest absolute Gasteiger partial charge is 0.324 e. The Balaban J connectivity index is 2.22. The van der Waals surface area contributed by atoms with Gasteiger partial charge in [-0.05, 0) is 33.1 Å². The van der Waals surface area contributed by atoms with Crippen LogP contribution in [0.25, 0.3) is 0 Å². The molecule has 0 radical (unpaired) electrons. The van der Waals surface area contributed by atoms with Crippen LogP contribution in [0.15, 0.2) is 0 Å². The summed E-state index contributed by atoms with van der Waals surface area (Å²) in [5.74, 6) is -0.780. The predicted molar refractivity (Wildman–Crippen MR) is 79.5 cm³/mol. The quantitative estimate of drug-likeness (QED) is 0.562. The number of ether oxygens (including phenoxy) is 3. The third-order valence-electron chi connectivity index (χ3n) is 3.66. The normalized spacial score (nSPS) is 25.6. The number of hydrogen-bond acceptors (Lipinski definition) is 5. The molecule has 0 heterocycles. The number of nitrogens with one attached hydrogen (secondary N) is 1. The Bertz CT molecular complexity index is 310. The molecular weight excluding hydrogens is 274 g/mol. The molecule has 0 aromatic heterocycles. The SMILES string of the molecule is COCCCOCCOC1CCC(NC(C)C)(C(=O)O)C1. The number of carboxylic acid groups (broad SMARTS) is 1. The lowest BCUT2D eigenvalue weighted by Crippen LogP contribution is -2.53. The molecular formula is C15H29NO5. The standard InChI is InChI=1S/C15H29NO5/c1-12(2)16-15(14(17)18)6-5-13(11-15)21-10-9-20-8-4-7-19-3/h12-13,16H,4-11H2,1-3H3,(H,17,18). The molecule has 21 heavy (non-hydrogen) atoms. The first-order valence-corrected chi connectivity index (χ1v) is 7.69. The maximum Gasteiger partial charge on any atom is 0.324 e. The van der Waals surface area contributed by atoms with Gasteiger partial charge in [0.05, 0.1) is 19.3 Å². The predicted octanol–water partition coefficient (Wildman–Crippen LogP) is 1.43. The van der Waals surface area contributed by atoms with Gasteiger partial charge in [0.1, 0.15) is 5.54 Å². The van der Waals surface area contributed by atoms with Crippen molar-refractivity contribution in [2.24, 2.45) is 0 Å². The van der Waals surface area contributed by atoms with Crippen molar-refractivity contribution in [1.82, 2.24) is 5.32 Å². The minimum atomic E-state index is -0.835. The monoisotopic (exact) mass is 303 g/mol. The van der Waals surface area contributed by atoms with Crippen LogP contribution in [0.2, 0.25) is 0 Å². The summed E-state index contributed by atoms with van der Waals surface area (Å²) in [6, 6.07) is 0.143. The van der Waals surface area contributed by atoms with Gasteiger partial charge in [0.2, 0.25) is 0 Å². The fourth-order valence-electron chi connectivity index (χ4n) is 2.76. The summed E-state index contributed by atoms with van der Waals surface area (Å²) in [5, 5.41) is 12.7. The summed E-state index contributed by atoms with van der Waals surface area (Å²) in [5.41, 5.74) is -0.835. The van der Waals surface area contributed by atoms with Gasteiger partial charge in [-0.1, -0.05) is 0 Å². The van der Waals surface area contributed by atoms with E-state index in [1.165, 1.54) is 0 Å². The molecule has 0 saturated heterocycles. The average molecular weight is 303 g/mol. The number of aliphatic carboxylic acids is 1. The zero-order valence-electron chi connectivity index (χ0n) is 13.4. The van der Waals surface area contributed by atoms with Crippen LogP contribution in [0.5, 0.6) is 0 Å². The molecule has 1 fully saturated rings. The molecule has 0 spiro atoms. The second-order valence-corrected chi connectivity index (χ2v) is 5.88. The molecule has 1 rings (SSSR count). The van der Waals surface area contributed by atoms with E-state index in [0.29, 0.717) is 39.3 Å². The highest BCUT2D eigenvalue weighted by atomic mass is 16.5. The molecule has 1 saturated carbocycles. The summed E-state index contributed by atoms with van der Waals surface area (Å²) < 4.78 is 16.1. The number of carbonyl (C=O) groups is 1. The Hall–Kier alpha value is -0.690. The van der Waals surface area contributed by atoms with Crippen LogP contribution >= 0.6 is 0 Å². The Morgan fingerprint density at radius 1 is 1.33 bits per heavy atom. The Kier molecular flexibility index (Phi) is 8.18. The van der Waals surface area contributed by atoms with Gasteiger partial charge in [0.25, 0.3) is 0 Å². The van der Waals surface area contributed by atoms with Crippen molar-refractivity contribution in [1.29, 1.82) is 0 Å². The number of methoxy groups -OCH3 is 1. The lowest BCUT2D eigenvalue weighted by atomic mass is 9.96. The van der Waals surface area contributed by atoms with E-state index in [2.05, 4.69) is 5.32 Å². The van der Waals surface area contributed by atoms with E-state index >= 15 is 0 Å². The summed E-state index contributed by atoms with van der Waals surface area (Å²) in [4.78, 5) is 11.5. The molecule has 2 unspecified atom stereocenters. The Morgan fingerprint density at radius 3 is 2.71 bits per heavy atom. The second kappa shape index (κ2) is 9.35. The van der Waals surface area contributed by atoms with Gasteiger partial charge in [0, 0.05) is 32.8 Å². The van der Waals surface area contributed by atoms with E-state index in [4.69, 9.17) is 14.2 Å². The number of rotatable bonds is 11. The third kappa shape index (κ3) is 6.30. The molecule has 0 aliphatic heterocycles. The molecule has 124 valence electrons. The fourth-order valence-corrected chi connectivity index (χ4v) is 2.76. The first-order chi connectivity index (χ1) is 10.00. The summed E-state index contributed by atoms with van der Waals surface area (Å²) >= 11 is 0. The van der Waals surface area contributed by atoms with Crippen molar-refractivity contribution in [3.8, 4) is 0 Å². The molecule has 0 aromatic rings. The molecule has 2 atom stereocenters. The van der Waals surface area contributed by atoms with E-state index in [1.54, 1.807) is 7.11 Å². The maximum atomic E-state index is 11.5. The lowest BCUT2D eigenvalue weighted by Gasteiger charge is -2.28. The zero-order valence-corrected chi connectivity index (χ0v) is 13.4. The third-order valence-corrected chi connectivity index (χ3v) is 3.66. The van der Waals surface area contributed by atoms with E-state index < -0.39 is 11.5 Å². The van der Waals surface area contributed by atoms with Crippen LogP contribution in [0.4, 0.5) is 0 Å². The van der Waals surface area contributed by atoms with Gasteiger partial charge in [0.15, 0.2) is 0 Å². The van der Waals surface area contributed by atoms with Gasteiger partial charge in [-0.3, -0.25) is 10.1 Å². The number of hydrogen-bond donors (Lipinski definition) is 2. The van der Waals surface area contributed by atoms with Crippen LogP contribution in [-0.4, -0.2) is 62.3 Å². The number of carboxylic acids is 1. The van der Waals surface area contributed by atoms with Crippen molar-refractivity contribution in [2.45, 2.75) is 57.2 Å². The lowest BCUT2D eigenvalue weighted by molar-refractivity contribution is -0.145. The molecule has 6 nitrogen and oxygen atoms in total. The molecule has 0 aromatic carbocycles. The van der Waals surface area contributed by atoms with E-state index in [-0.39, 0.29) is 12.1 Å². The van der Waals surface area contributed by atoms with E-state index in [0.717, 1.165) is 12.8 Å². The van der Waals surface area contributed by atoms with Gasteiger partial charge >= 0.3 is 5.97 Å². The summed E-state index contributed by atoms with van der Waals surface area (Å²) in [6.07, 6.45) is 2.77. The van der Waals surface area contributed by atoms with Crippen LogP contribution in [0.1, 0.15) is 39.5 Å². The van der Waals surface area contributed by atoms with Crippen LogP contribution in [0, 0.1) is 0 Å². The van der Waals surface area contributed by atoms with Gasteiger partial charge in [-0.15, -0.1) is 0 Å². The highest BCUT2D eigenvalue weighted by molar-refractivity contribution is 5.79. The van der Waals surface area contributed by atoms with Crippen LogP contribution in [0.3, 0.4) is 0 Å². The first-order valence-electron chi connectivity index (χ1n) is 7.69. The molecule has 0 bridgehead atoms. The fraction of sp³-hybridized carbons (Fsp3) is 0.933. The van der Waals surface area contributed by atoms with Crippen molar-refractivity contribution >= 4 is 5.97 Å². The minimum Gasteiger partial charge on any atom is -0.480 e. The van der Waals surface area contributed by atoms with Crippen LogP contribution < -0.4 is 5.32 Å². The molecule has 0 amide bonds. The maximum absolute atomic E-state index is 11.5. The topological polar surface area (TPSA) is 77.0 Å². The summed E-state index contributed by atoms with van der Waals surface area (Å²) in [6.45, 7) is 6.34. The van der Waals surface area contributed by atoms with E-state index in [1.807, 2.05) is 13.8 Å². The van der Waals surface area contributed by atoms with Crippen molar-refractivity contribution < 1.29 is 24.1 Å². The molecule has 2 N–H and O–H groups in total. The van der Waals surface area contributed by atoms with Crippen LogP contribution in [-0.2, 0) is 19.0 Å². The summed E-state index contributed by atoms with van der Waals surface area (Å²) in [7, 11) is 1.67. The van der Waals surface area contributed by atoms with Crippen molar-refractivity contribution in [3.63, 3.8) is 0 Å². The zero-order chi connectivity index (χ0) is 15.7. The highest BCUT2D eigenvalue weighted by Crippen LogP contribution is 2.32. The van der Waals surface area contributed by atoms with Crippen molar-refractivity contribution in [2.75, 3.05) is 33.5 Å². The molecule has 1 aliphatic rings. The first kappa shape index (κ1) is 18.4. The average Bonchev–Trinajstić information content (AvgIpc) is 2.81. The highest BCUT2D eigenvalue weighted by Gasteiger charge is 2.46. The van der Waals surface area contributed by atoms with Gasteiger partial charge in [-0.2, -0.15) is 0 Å². The molecule has 1 aliphatic carbocycles. The molecule has 6 heteroatoms. The van der Waals surface area contributed by atoms with E-state index in [9.17, 15) is 9.90 Å². The largest absolute Gasteiger partial charge is 0.480 e. The van der Waals surface area contributed by atoms with Gasteiger partial charge < -0.3 is 19.3 Å². The Labute approximate surface area is 127 Å². The van der Waals surface area contributed by atoms with Gasteiger partial charge in [-0.25, -0.2) is 0 Å².